The van der Waals surface area contributed by atoms with E-state index in [0.29, 0.717) is 25.5 Å². The highest BCUT2D eigenvalue weighted by molar-refractivity contribution is 14.1. The fourth-order valence-electron chi connectivity index (χ4n) is 1.76. The number of amides is 1. The largest absolute Gasteiger partial charge is 0.507 e. The summed E-state index contributed by atoms with van der Waals surface area (Å²) < 4.78 is 0.684. The van der Waals surface area contributed by atoms with Gasteiger partial charge in [-0.05, 0) is 59.0 Å². The van der Waals surface area contributed by atoms with E-state index >= 15 is 0 Å². The van der Waals surface area contributed by atoms with Gasteiger partial charge in [-0.3, -0.25) is 4.79 Å². The smallest absolute Gasteiger partial charge is 0.258 e. The maximum Gasteiger partial charge on any atom is 0.258 e. The number of carbonyl (C=O) groups excluding carboxylic acids is 1. The zero-order valence-corrected chi connectivity index (χ0v) is 13.5. The molecule has 0 unspecified atom stereocenters. The molecule has 0 aliphatic rings. The van der Waals surface area contributed by atoms with E-state index in [2.05, 4.69) is 0 Å². The molecule has 2 aromatic rings. The topological polar surface area (TPSA) is 66.6 Å². The van der Waals surface area contributed by atoms with Crippen LogP contribution in [0, 0.1) is 3.57 Å². The molecule has 6 heteroatoms. The van der Waals surface area contributed by atoms with Crippen LogP contribution in [0.15, 0.2) is 36.4 Å². The number of aromatic hydroxyl groups is 1. The van der Waals surface area contributed by atoms with Gasteiger partial charge in [0, 0.05) is 17.6 Å². The highest BCUT2D eigenvalue weighted by atomic mass is 127. The van der Waals surface area contributed by atoms with Crippen LogP contribution in [0.2, 0.25) is 5.02 Å². The Hall–Kier alpha value is -1.47. The Morgan fingerprint density at radius 2 is 2.00 bits per heavy atom. The minimum Gasteiger partial charge on any atom is -0.507 e. The van der Waals surface area contributed by atoms with Gasteiger partial charge in [-0.25, -0.2) is 0 Å². The number of halogens is 2. The summed E-state index contributed by atoms with van der Waals surface area (Å²) >= 11 is 7.91. The number of hydrogen-bond donors (Lipinski definition) is 2. The summed E-state index contributed by atoms with van der Waals surface area (Å²) in [4.78, 5) is 13.8. The van der Waals surface area contributed by atoms with Gasteiger partial charge in [0.2, 0.25) is 0 Å². The van der Waals surface area contributed by atoms with Crippen molar-refractivity contribution in [1.82, 2.24) is 0 Å². The second-order valence-corrected chi connectivity index (χ2v) is 5.83. The third-order valence-electron chi connectivity index (χ3n) is 2.85. The van der Waals surface area contributed by atoms with E-state index in [1.807, 2.05) is 22.6 Å². The summed E-state index contributed by atoms with van der Waals surface area (Å²) in [5, 5.41) is 10.2. The lowest BCUT2D eigenvalue weighted by molar-refractivity contribution is 0.0992. The van der Waals surface area contributed by atoms with Crippen molar-refractivity contribution in [2.45, 2.75) is 0 Å². The molecule has 0 atom stereocenters. The number of nitrogens with zero attached hydrogens (tertiary/aromatic N) is 1. The van der Waals surface area contributed by atoms with E-state index in [0.717, 1.165) is 0 Å². The number of nitrogen functional groups attached to an aromatic ring is 1. The molecule has 3 N–H and O–H groups in total. The molecule has 0 fully saturated rings. The van der Waals surface area contributed by atoms with Gasteiger partial charge < -0.3 is 15.7 Å². The first-order valence-electron chi connectivity index (χ1n) is 5.71. The van der Waals surface area contributed by atoms with Gasteiger partial charge >= 0.3 is 0 Å². The van der Waals surface area contributed by atoms with Crippen molar-refractivity contribution >= 4 is 51.5 Å². The van der Waals surface area contributed by atoms with Crippen LogP contribution in [0.4, 0.5) is 11.4 Å². The van der Waals surface area contributed by atoms with Crippen LogP contribution >= 0.6 is 34.2 Å². The van der Waals surface area contributed by atoms with E-state index < -0.39 is 0 Å². The highest BCUT2D eigenvalue weighted by Gasteiger charge is 2.17. The number of carbonyl (C=O) groups is 1. The number of phenols is 1. The first kappa shape index (κ1) is 14.9. The quantitative estimate of drug-likeness (QED) is 0.597. The molecular formula is C14H12ClIN2O2. The van der Waals surface area contributed by atoms with Gasteiger partial charge in [0.15, 0.2) is 0 Å². The molecule has 0 bridgehead atoms. The Morgan fingerprint density at radius 3 is 2.65 bits per heavy atom. The number of benzene rings is 2. The molecule has 2 aromatic carbocycles. The summed E-state index contributed by atoms with van der Waals surface area (Å²) in [6, 6.07) is 9.70. The number of hydrogen-bond acceptors (Lipinski definition) is 3. The molecule has 0 saturated heterocycles. The average Bonchev–Trinajstić information content (AvgIpc) is 2.43. The predicted molar refractivity (Wildman–Crippen MR) is 89.4 cm³/mol. The fraction of sp³-hybridized carbons (Fsp3) is 0.0714. The lowest BCUT2D eigenvalue weighted by Crippen LogP contribution is -2.27. The standard InChI is InChI=1S/C14H12ClIN2O2/c1-18(12-7-9(15)3-5-11(12)17)14(20)8-2-4-10(16)13(19)6-8/h2-7,19H,17H2,1H3. The van der Waals surface area contributed by atoms with E-state index in [9.17, 15) is 9.90 Å². The zero-order valence-electron chi connectivity index (χ0n) is 10.6. The van der Waals surface area contributed by atoms with E-state index in [4.69, 9.17) is 17.3 Å². The van der Waals surface area contributed by atoms with Crippen molar-refractivity contribution in [1.29, 1.82) is 0 Å². The van der Waals surface area contributed by atoms with Crippen LogP contribution in [0.25, 0.3) is 0 Å². The van der Waals surface area contributed by atoms with Gasteiger partial charge in [0.05, 0.1) is 14.9 Å². The van der Waals surface area contributed by atoms with E-state index in [-0.39, 0.29) is 11.7 Å². The molecule has 104 valence electrons. The van der Waals surface area contributed by atoms with Crippen LogP contribution < -0.4 is 10.6 Å². The summed E-state index contributed by atoms with van der Waals surface area (Å²) in [6.07, 6.45) is 0. The number of nitrogens with two attached hydrogens (primary N) is 1. The molecule has 0 aliphatic carbocycles. The summed E-state index contributed by atoms with van der Waals surface area (Å²) in [5.41, 5.74) is 7.22. The van der Waals surface area contributed by atoms with Crippen molar-refractivity contribution in [2.75, 3.05) is 17.7 Å². The predicted octanol–water partition coefficient (Wildman–Crippen LogP) is 3.51. The zero-order chi connectivity index (χ0) is 14.9. The van der Waals surface area contributed by atoms with Crippen molar-refractivity contribution in [3.63, 3.8) is 0 Å². The molecule has 2 rings (SSSR count). The van der Waals surface area contributed by atoms with E-state index in [1.54, 1.807) is 37.4 Å². The first-order chi connectivity index (χ1) is 9.40. The summed E-state index contributed by atoms with van der Waals surface area (Å²) in [6.45, 7) is 0. The van der Waals surface area contributed by atoms with Gasteiger partial charge in [-0.2, -0.15) is 0 Å². The molecule has 0 radical (unpaired) electrons. The SMILES string of the molecule is CN(C(=O)c1ccc(I)c(O)c1)c1cc(Cl)ccc1N. The van der Waals surface area contributed by atoms with Crippen LogP contribution in [-0.2, 0) is 0 Å². The van der Waals surface area contributed by atoms with Crippen LogP contribution in [0.1, 0.15) is 10.4 Å². The Bertz CT molecular complexity index is 676. The molecule has 0 saturated carbocycles. The third kappa shape index (κ3) is 2.99. The molecule has 1 amide bonds. The van der Waals surface area contributed by atoms with Crippen molar-refractivity contribution in [3.05, 3.63) is 50.6 Å². The maximum absolute atomic E-state index is 12.4. The highest BCUT2D eigenvalue weighted by Crippen LogP contribution is 2.28. The lowest BCUT2D eigenvalue weighted by atomic mass is 10.1. The second kappa shape index (κ2) is 5.88. The molecule has 0 spiro atoms. The van der Waals surface area contributed by atoms with Crippen LogP contribution in [-0.4, -0.2) is 18.1 Å². The molecule has 20 heavy (non-hydrogen) atoms. The van der Waals surface area contributed by atoms with Crippen molar-refractivity contribution < 1.29 is 9.90 Å². The minimum atomic E-state index is -0.273. The van der Waals surface area contributed by atoms with E-state index in [1.165, 1.54) is 11.0 Å². The minimum absolute atomic E-state index is 0.0731. The maximum atomic E-state index is 12.4. The van der Waals surface area contributed by atoms with Gasteiger partial charge in [-0.1, -0.05) is 11.6 Å². The molecule has 0 heterocycles. The number of rotatable bonds is 2. The second-order valence-electron chi connectivity index (χ2n) is 4.23. The monoisotopic (exact) mass is 402 g/mol. The van der Waals surface area contributed by atoms with Gasteiger partial charge in [0.1, 0.15) is 5.75 Å². The fourth-order valence-corrected chi connectivity index (χ4v) is 2.26. The first-order valence-corrected chi connectivity index (χ1v) is 7.17. The lowest BCUT2D eigenvalue weighted by Gasteiger charge is -2.19. The normalized spacial score (nSPS) is 10.3. The van der Waals surface area contributed by atoms with Crippen molar-refractivity contribution in [2.24, 2.45) is 0 Å². The Morgan fingerprint density at radius 1 is 1.30 bits per heavy atom. The summed E-state index contributed by atoms with van der Waals surface area (Å²) in [7, 11) is 1.61. The van der Waals surface area contributed by atoms with Gasteiger partial charge in [0.25, 0.3) is 5.91 Å². The molecule has 0 aromatic heterocycles. The molecular weight excluding hydrogens is 391 g/mol. The Kier molecular flexibility index (Phi) is 4.39. The third-order valence-corrected chi connectivity index (χ3v) is 4.00. The number of phenolic OH excluding ortho intramolecular Hbond substituents is 1. The average molecular weight is 403 g/mol. The van der Waals surface area contributed by atoms with Crippen molar-refractivity contribution in [3.8, 4) is 5.75 Å². The summed E-state index contributed by atoms with van der Waals surface area (Å²) in [5.74, 6) is -0.199. The Labute approximate surface area is 135 Å². The molecule has 0 aliphatic heterocycles. The van der Waals surface area contributed by atoms with Crippen LogP contribution in [0.3, 0.4) is 0 Å². The Balaban J connectivity index is 2.37. The molecule has 4 nitrogen and oxygen atoms in total. The van der Waals surface area contributed by atoms with Gasteiger partial charge in [-0.15, -0.1) is 0 Å². The van der Waals surface area contributed by atoms with Crippen LogP contribution in [0.5, 0.6) is 5.75 Å². The number of anilines is 2.